The van der Waals surface area contributed by atoms with E-state index in [1.807, 2.05) is 6.07 Å². The van der Waals surface area contributed by atoms with Crippen molar-refractivity contribution in [3.63, 3.8) is 0 Å². The van der Waals surface area contributed by atoms with E-state index < -0.39 is 23.9 Å². The molecular weight excluding hydrogens is 496 g/mol. The molecule has 0 radical (unpaired) electrons. The van der Waals surface area contributed by atoms with Crippen molar-refractivity contribution in [2.45, 2.75) is 20.0 Å². The van der Waals surface area contributed by atoms with Gasteiger partial charge in [0.25, 0.3) is 0 Å². The molecule has 204 valence electrons. The number of aryl methyl sites for hydroxylation is 1. The van der Waals surface area contributed by atoms with Gasteiger partial charge in [0.1, 0.15) is 0 Å². The molecule has 3 rings (SSSR count). The Morgan fingerprint density at radius 2 is 1.45 bits per heavy atom. The van der Waals surface area contributed by atoms with Crippen LogP contribution in [0.15, 0.2) is 60.8 Å². The van der Waals surface area contributed by atoms with E-state index in [2.05, 4.69) is 90.6 Å². The first-order valence-electron chi connectivity index (χ1n) is 11.4. The number of carbonyl (C=O) groups is 4. The number of aromatic nitrogens is 2. The quantitative estimate of drug-likeness (QED) is 0.212. The van der Waals surface area contributed by atoms with Crippen LogP contribution in [0.2, 0.25) is 0 Å². The molecule has 0 fully saturated rings. The first-order valence-corrected chi connectivity index (χ1v) is 11.4. The van der Waals surface area contributed by atoms with Crippen molar-refractivity contribution in [1.29, 1.82) is 0 Å². The normalized spacial score (nSPS) is 10.0. The number of benzene rings is 2. The summed E-state index contributed by atoms with van der Waals surface area (Å²) in [4.78, 5) is 38.6. The summed E-state index contributed by atoms with van der Waals surface area (Å²) in [6.07, 6.45) is 2.17. The number of hydrogen-bond donors (Lipinski definition) is 5. The smallest absolute Gasteiger partial charge is 0.414 e. The van der Waals surface area contributed by atoms with Crippen LogP contribution in [-0.4, -0.2) is 86.2 Å². The Labute approximate surface area is 219 Å². The van der Waals surface area contributed by atoms with E-state index >= 15 is 0 Å². The molecule has 0 aliphatic rings. The summed E-state index contributed by atoms with van der Waals surface area (Å²) in [5.41, 5.74) is 6.01. The van der Waals surface area contributed by atoms with Gasteiger partial charge in [-0.1, -0.05) is 54.1 Å². The summed E-state index contributed by atoms with van der Waals surface area (Å²) in [6, 6.07) is 19.1. The third-order valence-electron chi connectivity index (χ3n) is 4.73. The van der Waals surface area contributed by atoms with Crippen molar-refractivity contribution >= 4 is 23.9 Å². The van der Waals surface area contributed by atoms with E-state index in [1.165, 1.54) is 22.3 Å². The van der Waals surface area contributed by atoms with Crippen LogP contribution in [0.25, 0.3) is 11.3 Å². The number of aliphatic carboxylic acids is 4. The molecule has 0 amide bonds. The molecule has 0 atom stereocenters. The van der Waals surface area contributed by atoms with Crippen LogP contribution < -0.4 is 5.32 Å². The molecule has 0 aliphatic heterocycles. The van der Waals surface area contributed by atoms with Crippen LogP contribution in [0.4, 0.5) is 0 Å². The van der Waals surface area contributed by atoms with E-state index in [1.54, 1.807) is 0 Å². The third kappa shape index (κ3) is 12.4. The topological polar surface area (TPSA) is 182 Å². The van der Waals surface area contributed by atoms with Crippen molar-refractivity contribution in [3.8, 4) is 11.3 Å². The number of rotatable bonds is 8. The molecule has 0 saturated carbocycles. The van der Waals surface area contributed by atoms with E-state index in [9.17, 15) is 0 Å². The maximum Gasteiger partial charge on any atom is 0.414 e. The van der Waals surface area contributed by atoms with Gasteiger partial charge in [-0.3, -0.25) is 4.68 Å². The van der Waals surface area contributed by atoms with E-state index in [4.69, 9.17) is 44.7 Å². The Bertz CT molecular complexity index is 1160. The highest BCUT2D eigenvalue weighted by atomic mass is 16.4. The molecule has 12 nitrogen and oxygen atoms in total. The number of carboxylic acids is 4. The molecule has 0 spiro atoms. The zero-order chi connectivity index (χ0) is 28.7. The van der Waals surface area contributed by atoms with Crippen LogP contribution in [0.1, 0.15) is 16.7 Å². The third-order valence-corrected chi connectivity index (χ3v) is 4.73. The molecule has 1 heterocycles. The molecule has 3 aromatic rings. The predicted octanol–water partition coefficient (Wildman–Crippen LogP) is 1.87. The van der Waals surface area contributed by atoms with Gasteiger partial charge in [-0.25, -0.2) is 19.2 Å². The van der Waals surface area contributed by atoms with Gasteiger partial charge in [0, 0.05) is 37.0 Å². The minimum Gasteiger partial charge on any atom is -0.473 e. The Morgan fingerprint density at radius 1 is 0.868 bits per heavy atom. The van der Waals surface area contributed by atoms with Gasteiger partial charge in [0.05, 0.1) is 12.2 Å². The average Bonchev–Trinajstić information content (AvgIpc) is 3.25. The first kappa shape index (κ1) is 31.5. The van der Waals surface area contributed by atoms with Gasteiger partial charge in [-0.05, 0) is 32.6 Å². The highest BCUT2D eigenvalue weighted by Crippen LogP contribution is 2.23. The highest BCUT2D eigenvalue weighted by Gasteiger charge is 2.12. The van der Waals surface area contributed by atoms with Crippen molar-refractivity contribution in [3.05, 3.63) is 77.5 Å². The maximum absolute atomic E-state index is 9.10. The number of nitrogens with zero attached hydrogens (tertiary/aromatic N) is 3. The fourth-order valence-electron chi connectivity index (χ4n) is 3.00. The summed E-state index contributed by atoms with van der Waals surface area (Å²) in [5.74, 6) is -7.30. The Morgan fingerprint density at radius 3 is 1.95 bits per heavy atom. The molecule has 0 aliphatic carbocycles. The van der Waals surface area contributed by atoms with Crippen LogP contribution in [0.5, 0.6) is 0 Å². The number of hydrogen-bond acceptors (Lipinski definition) is 7. The van der Waals surface area contributed by atoms with Crippen molar-refractivity contribution in [2.75, 3.05) is 27.2 Å². The zero-order valence-corrected chi connectivity index (χ0v) is 21.4. The summed E-state index contributed by atoms with van der Waals surface area (Å²) < 4.78 is 2.05. The van der Waals surface area contributed by atoms with Crippen LogP contribution >= 0.6 is 0 Å². The van der Waals surface area contributed by atoms with Gasteiger partial charge in [-0.15, -0.1) is 0 Å². The second kappa shape index (κ2) is 16.2. The minimum absolute atomic E-state index is 0.789. The highest BCUT2D eigenvalue weighted by molar-refractivity contribution is 6.27. The molecule has 0 saturated heterocycles. The lowest BCUT2D eigenvalue weighted by molar-refractivity contribution is -0.159. The number of carboxylic acid groups (broad SMARTS) is 4. The number of nitrogens with one attached hydrogen (secondary N) is 1. The van der Waals surface area contributed by atoms with Gasteiger partial charge < -0.3 is 30.6 Å². The lowest BCUT2D eigenvalue weighted by Crippen LogP contribution is -2.26. The van der Waals surface area contributed by atoms with Crippen molar-refractivity contribution < 1.29 is 39.6 Å². The molecule has 2 aromatic carbocycles. The fourth-order valence-corrected chi connectivity index (χ4v) is 3.00. The molecule has 38 heavy (non-hydrogen) atoms. The molecular formula is C26H32N4O8. The van der Waals surface area contributed by atoms with E-state index in [-0.39, 0.29) is 0 Å². The molecule has 0 unspecified atom stereocenters. The van der Waals surface area contributed by atoms with E-state index in [0.29, 0.717) is 0 Å². The maximum atomic E-state index is 9.10. The number of likely N-dealkylation sites (N-methyl/N-ethyl adjacent to an activating group) is 1. The van der Waals surface area contributed by atoms with Crippen molar-refractivity contribution in [1.82, 2.24) is 20.0 Å². The van der Waals surface area contributed by atoms with Gasteiger partial charge in [0.2, 0.25) is 0 Å². The fraction of sp³-hybridized carbons (Fsp3) is 0.269. The predicted molar refractivity (Wildman–Crippen MR) is 139 cm³/mol. The lowest BCUT2D eigenvalue weighted by Gasteiger charge is -2.10. The Hall–Kier alpha value is -4.55. The average molecular weight is 529 g/mol. The second-order valence-electron chi connectivity index (χ2n) is 8.26. The van der Waals surface area contributed by atoms with Crippen LogP contribution in [0, 0.1) is 6.92 Å². The van der Waals surface area contributed by atoms with Gasteiger partial charge in [-0.2, -0.15) is 5.10 Å². The standard InChI is InChI=1S/C22H28N4.2C2H2O4/c1-18-8-7-11-20(14-18)22-21(15-23-12-13-25(2)3)17-26(24-22)16-19-9-5-4-6-10-19;2*3-1(4)2(5)6/h4-11,14,17,23H,12-13,15-16H2,1-3H3;2*(H,3,4)(H,5,6). The molecule has 0 bridgehead atoms. The van der Waals surface area contributed by atoms with E-state index in [0.717, 1.165) is 31.9 Å². The molecule has 1 aromatic heterocycles. The van der Waals surface area contributed by atoms with Crippen molar-refractivity contribution in [2.24, 2.45) is 0 Å². The second-order valence-corrected chi connectivity index (χ2v) is 8.26. The SMILES string of the molecule is Cc1cccc(-c2nn(Cc3ccccc3)cc2CNCCN(C)C)c1.O=C(O)C(=O)O.O=C(O)C(=O)O. The van der Waals surface area contributed by atoms with Crippen LogP contribution in [-0.2, 0) is 32.3 Å². The minimum atomic E-state index is -1.82. The van der Waals surface area contributed by atoms with Gasteiger partial charge >= 0.3 is 23.9 Å². The summed E-state index contributed by atoms with van der Waals surface area (Å²) in [7, 11) is 4.19. The van der Waals surface area contributed by atoms with Crippen LogP contribution in [0.3, 0.4) is 0 Å². The summed E-state index contributed by atoms with van der Waals surface area (Å²) in [5, 5.41) is 38.0. The monoisotopic (exact) mass is 528 g/mol. The molecule has 5 N–H and O–H groups in total. The zero-order valence-electron chi connectivity index (χ0n) is 21.4. The first-order chi connectivity index (χ1) is 17.9. The molecule has 12 heteroatoms. The lowest BCUT2D eigenvalue weighted by atomic mass is 10.1. The largest absolute Gasteiger partial charge is 0.473 e. The summed E-state index contributed by atoms with van der Waals surface area (Å²) >= 11 is 0. The van der Waals surface area contributed by atoms with Gasteiger partial charge in [0.15, 0.2) is 0 Å². The Kier molecular flexibility index (Phi) is 13.5. The Balaban J connectivity index is 0.000000503. The summed E-state index contributed by atoms with van der Waals surface area (Å²) in [6.45, 7) is 5.73.